The highest BCUT2D eigenvalue weighted by molar-refractivity contribution is 7.99. The first-order chi connectivity index (χ1) is 8.82. The van der Waals surface area contributed by atoms with Gasteiger partial charge in [-0.2, -0.15) is 11.8 Å². The Kier molecular flexibility index (Phi) is 4.18. The Hall–Kier alpha value is 0.230. The molecule has 3 rings (SSSR count). The molecular weight excluding hydrogens is 242 g/mol. The second kappa shape index (κ2) is 5.70. The molecule has 3 fully saturated rings. The maximum Gasteiger partial charge on any atom is 0.0423 e. The Bertz CT molecular complexity index is 266. The van der Waals surface area contributed by atoms with Crippen LogP contribution in [0.5, 0.6) is 0 Å². The Morgan fingerprint density at radius 3 is 2.50 bits per heavy atom. The minimum Gasteiger partial charge on any atom is -0.329 e. The molecule has 0 aromatic heterocycles. The van der Waals surface area contributed by atoms with Gasteiger partial charge >= 0.3 is 0 Å². The van der Waals surface area contributed by atoms with Crippen molar-refractivity contribution in [2.45, 2.75) is 31.2 Å². The third-order valence-corrected chi connectivity index (χ3v) is 6.26. The quantitative estimate of drug-likeness (QED) is 0.832. The van der Waals surface area contributed by atoms with Gasteiger partial charge in [-0.3, -0.25) is 4.90 Å². The molecule has 0 bridgehead atoms. The van der Waals surface area contributed by atoms with Gasteiger partial charge in [-0.1, -0.05) is 0 Å². The highest BCUT2D eigenvalue weighted by Crippen LogP contribution is 2.33. The van der Waals surface area contributed by atoms with E-state index in [4.69, 9.17) is 5.73 Å². The van der Waals surface area contributed by atoms with E-state index < -0.39 is 0 Å². The molecule has 1 atom stereocenters. The monoisotopic (exact) mass is 269 g/mol. The van der Waals surface area contributed by atoms with E-state index in [0.717, 1.165) is 12.5 Å². The fraction of sp³-hybridized carbons (Fsp3) is 1.00. The van der Waals surface area contributed by atoms with Gasteiger partial charge < -0.3 is 10.6 Å². The minimum atomic E-state index is 0.328. The van der Waals surface area contributed by atoms with E-state index in [9.17, 15) is 0 Å². The molecule has 0 amide bonds. The first-order valence-corrected chi connectivity index (χ1v) is 8.73. The van der Waals surface area contributed by atoms with E-state index in [1.54, 1.807) is 0 Å². The summed E-state index contributed by atoms with van der Waals surface area (Å²) in [6, 6.07) is 0. The molecule has 2 saturated heterocycles. The highest BCUT2D eigenvalue weighted by Gasteiger charge is 2.39. The van der Waals surface area contributed by atoms with E-state index in [-0.39, 0.29) is 0 Å². The van der Waals surface area contributed by atoms with Gasteiger partial charge in [-0.05, 0) is 37.4 Å². The number of nitrogens with two attached hydrogens (primary N) is 1. The second-order valence-electron chi connectivity index (χ2n) is 6.32. The topological polar surface area (TPSA) is 32.5 Å². The predicted molar refractivity (Wildman–Crippen MR) is 79.1 cm³/mol. The summed E-state index contributed by atoms with van der Waals surface area (Å²) in [5.74, 6) is 3.63. The standard InChI is InChI=1S/C14H27N3S/c15-11-14(4-1-9-18-12-14)17-7-5-16(6-8-17)10-13-2-3-13/h13H,1-12,15H2. The molecule has 2 heterocycles. The van der Waals surface area contributed by atoms with Crippen molar-refractivity contribution in [2.24, 2.45) is 11.7 Å². The summed E-state index contributed by atoms with van der Waals surface area (Å²) in [5, 5.41) is 0. The van der Waals surface area contributed by atoms with Crippen LogP contribution in [-0.2, 0) is 0 Å². The zero-order chi connectivity index (χ0) is 12.4. The molecule has 4 heteroatoms. The van der Waals surface area contributed by atoms with Gasteiger partial charge in [0, 0.05) is 50.6 Å². The minimum absolute atomic E-state index is 0.328. The molecule has 1 unspecified atom stereocenters. The normalized spacial score (nSPS) is 35.8. The number of nitrogens with zero attached hydrogens (tertiary/aromatic N) is 2. The van der Waals surface area contributed by atoms with Crippen molar-refractivity contribution < 1.29 is 0 Å². The van der Waals surface area contributed by atoms with Crippen LogP contribution in [0.4, 0.5) is 0 Å². The molecule has 2 N–H and O–H groups in total. The molecule has 1 aliphatic carbocycles. The molecule has 18 heavy (non-hydrogen) atoms. The van der Waals surface area contributed by atoms with Crippen molar-refractivity contribution in [1.29, 1.82) is 0 Å². The van der Waals surface area contributed by atoms with Gasteiger partial charge in [0.25, 0.3) is 0 Å². The van der Waals surface area contributed by atoms with Gasteiger partial charge in [0.05, 0.1) is 0 Å². The fourth-order valence-electron chi connectivity index (χ4n) is 3.45. The van der Waals surface area contributed by atoms with Crippen LogP contribution in [0.15, 0.2) is 0 Å². The van der Waals surface area contributed by atoms with E-state index in [2.05, 4.69) is 21.6 Å². The summed E-state index contributed by atoms with van der Waals surface area (Å²) >= 11 is 2.11. The lowest BCUT2D eigenvalue weighted by Gasteiger charge is -2.49. The van der Waals surface area contributed by atoms with Crippen molar-refractivity contribution >= 4 is 11.8 Å². The number of hydrogen-bond acceptors (Lipinski definition) is 4. The average Bonchev–Trinajstić information content (AvgIpc) is 3.24. The van der Waals surface area contributed by atoms with Crippen LogP contribution in [0.2, 0.25) is 0 Å². The predicted octanol–water partition coefficient (Wildman–Crippen LogP) is 1.24. The van der Waals surface area contributed by atoms with Crippen molar-refractivity contribution in [3.63, 3.8) is 0 Å². The Balaban J connectivity index is 1.53. The Labute approximate surface area is 115 Å². The van der Waals surface area contributed by atoms with Crippen LogP contribution in [0.25, 0.3) is 0 Å². The molecule has 0 aromatic rings. The molecule has 0 radical (unpaired) electrons. The molecule has 0 aromatic carbocycles. The maximum absolute atomic E-state index is 6.13. The van der Waals surface area contributed by atoms with Crippen molar-refractivity contribution in [3.05, 3.63) is 0 Å². The van der Waals surface area contributed by atoms with Crippen molar-refractivity contribution in [2.75, 3.05) is 50.8 Å². The van der Waals surface area contributed by atoms with Crippen LogP contribution < -0.4 is 5.73 Å². The summed E-state index contributed by atoms with van der Waals surface area (Å²) in [5.41, 5.74) is 6.45. The molecule has 1 saturated carbocycles. The van der Waals surface area contributed by atoms with Gasteiger partial charge in [0.15, 0.2) is 0 Å². The number of hydrogen-bond donors (Lipinski definition) is 1. The average molecular weight is 269 g/mol. The van der Waals surface area contributed by atoms with Gasteiger partial charge in [-0.15, -0.1) is 0 Å². The summed E-state index contributed by atoms with van der Waals surface area (Å²) in [6.07, 6.45) is 5.62. The first kappa shape index (κ1) is 13.2. The Morgan fingerprint density at radius 1 is 1.17 bits per heavy atom. The van der Waals surface area contributed by atoms with Gasteiger partial charge in [0.2, 0.25) is 0 Å². The Morgan fingerprint density at radius 2 is 1.94 bits per heavy atom. The zero-order valence-corrected chi connectivity index (χ0v) is 12.3. The largest absolute Gasteiger partial charge is 0.329 e. The van der Waals surface area contributed by atoms with E-state index in [1.807, 2.05) is 0 Å². The third kappa shape index (κ3) is 2.87. The summed E-state index contributed by atoms with van der Waals surface area (Å²) < 4.78 is 0. The lowest BCUT2D eigenvalue weighted by molar-refractivity contribution is 0.0409. The number of rotatable bonds is 4. The lowest BCUT2D eigenvalue weighted by atomic mass is 9.92. The molecule has 3 aliphatic rings. The molecule has 2 aliphatic heterocycles. The SMILES string of the molecule is NCC1(N2CCN(CC3CC3)CC2)CCCSC1. The maximum atomic E-state index is 6.13. The van der Waals surface area contributed by atoms with E-state index in [1.165, 1.54) is 69.9 Å². The zero-order valence-electron chi connectivity index (χ0n) is 11.4. The van der Waals surface area contributed by atoms with Crippen LogP contribution >= 0.6 is 11.8 Å². The first-order valence-electron chi connectivity index (χ1n) is 7.58. The molecular formula is C14H27N3S. The van der Waals surface area contributed by atoms with E-state index >= 15 is 0 Å². The van der Waals surface area contributed by atoms with Crippen molar-refractivity contribution in [1.82, 2.24) is 9.80 Å². The van der Waals surface area contributed by atoms with Crippen LogP contribution in [0.3, 0.4) is 0 Å². The number of thioether (sulfide) groups is 1. The summed E-state index contributed by atoms with van der Waals surface area (Å²) in [4.78, 5) is 5.39. The highest BCUT2D eigenvalue weighted by atomic mass is 32.2. The van der Waals surface area contributed by atoms with Crippen molar-refractivity contribution in [3.8, 4) is 0 Å². The number of piperazine rings is 1. The summed E-state index contributed by atoms with van der Waals surface area (Å²) in [6.45, 7) is 7.22. The summed E-state index contributed by atoms with van der Waals surface area (Å²) in [7, 11) is 0. The molecule has 104 valence electrons. The smallest absolute Gasteiger partial charge is 0.0423 e. The molecule has 3 nitrogen and oxygen atoms in total. The second-order valence-corrected chi connectivity index (χ2v) is 7.42. The van der Waals surface area contributed by atoms with Crippen LogP contribution in [0, 0.1) is 5.92 Å². The third-order valence-electron chi connectivity index (χ3n) is 4.94. The van der Waals surface area contributed by atoms with Crippen LogP contribution in [0.1, 0.15) is 25.7 Å². The van der Waals surface area contributed by atoms with Gasteiger partial charge in [-0.25, -0.2) is 0 Å². The molecule has 0 spiro atoms. The lowest BCUT2D eigenvalue weighted by Crippen LogP contribution is -2.62. The van der Waals surface area contributed by atoms with E-state index in [0.29, 0.717) is 5.54 Å². The van der Waals surface area contributed by atoms with Gasteiger partial charge in [0.1, 0.15) is 0 Å². The fourth-order valence-corrected chi connectivity index (χ4v) is 4.76. The van der Waals surface area contributed by atoms with Crippen LogP contribution in [-0.4, -0.2) is 66.1 Å².